The SMILES string of the molecule is O=Cc1ccc(N2CCOc3ccccc3C2)c(Cl)c1. The van der Waals surface area contributed by atoms with Crippen molar-refractivity contribution < 1.29 is 9.53 Å². The molecular weight excluding hydrogens is 274 g/mol. The van der Waals surface area contributed by atoms with Gasteiger partial charge in [-0.05, 0) is 24.3 Å². The first-order valence-electron chi connectivity index (χ1n) is 6.48. The van der Waals surface area contributed by atoms with Crippen LogP contribution in [0.15, 0.2) is 42.5 Å². The summed E-state index contributed by atoms with van der Waals surface area (Å²) in [6.45, 7) is 2.12. The van der Waals surface area contributed by atoms with Crippen LogP contribution in [0.2, 0.25) is 5.02 Å². The van der Waals surface area contributed by atoms with Gasteiger partial charge in [-0.25, -0.2) is 0 Å². The van der Waals surface area contributed by atoms with Gasteiger partial charge in [0, 0.05) is 17.7 Å². The van der Waals surface area contributed by atoms with Crippen LogP contribution in [0.5, 0.6) is 5.75 Å². The Balaban J connectivity index is 1.93. The van der Waals surface area contributed by atoms with Crippen molar-refractivity contribution in [1.29, 1.82) is 0 Å². The molecule has 0 radical (unpaired) electrons. The number of anilines is 1. The minimum absolute atomic E-state index is 0.588. The van der Waals surface area contributed by atoms with Gasteiger partial charge in [-0.2, -0.15) is 0 Å². The van der Waals surface area contributed by atoms with E-state index in [0.717, 1.165) is 36.4 Å². The maximum atomic E-state index is 10.8. The lowest BCUT2D eigenvalue weighted by Crippen LogP contribution is -2.25. The van der Waals surface area contributed by atoms with E-state index in [9.17, 15) is 4.79 Å². The number of hydrogen-bond acceptors (Lipinski definition) is 3. The summed E-state index contributed by atoms with van der Waals surface area (Å²) >= 11 is 6.28. The molecule has 0 aliphatic carbocycles. The Bertz CT molecular complexity index is 642. The molecule has 0 aromatic heterocycles. The molecular formula is C16H14ClNO2. The highest BCUT2D eigenvalue weighted by atomic mass is 35.5. The number of ether oxygens (including phenoxy) is 1. The van der Waals surface area contributed by atoms with Crippen LogP contribution in [-0.4, -0.2) is 19.4 Å². The van der Waals surface area contributed by atoms with Crippen LogP contribution in [0.3, 0.4) is 0 Å². The number of benzene rings is 2. The molecule has 0 N–H and O–H groups in total. The number of aldehydes is 1. The van der Waals surface area contributed by atoms with Gasteiger partial charge in [0.25, 0.3) is 0 Å². The lowest BCUT2D eigenvalue weighted by molar-refractivity contribution is 0.112. The van der Waals surface area contributed by atoms with Gasteiger partial charge in [0.1, 0.15) is 18.6 Å². The van der Waals surface area contributed by atoms with Gasteiger partial charge in [0.15, 0.2) is 0 Å². The first-order chi connectivity index (χ1) is 9.78. The molecule has 2 aromatic rings. The standard InChI is InChI=1S/C16H14ClNO2/c17-14-9-12(11-19)5-6-15(14)18-7-8-20-16-4-2-1-3-13(16)10-18/h1-6,9,11H,7-8,10H2. The molecule has 0 amide bonds. The predicted molar refractivity (Wildman–Crippen MR) is 79.8 cm³/mol. The van der Waals surface area contributed by atoms with E-state index in [2.05, 4.69) is 11.0 Å². The zero-order valence-corrected chi connectivity index (χ0v) is 11.6. The second kappa shape index (κ2) is 5.55. The summed E-state index contributed by atoms with van der Waals surface area (Å²) in [5.41, 5.74) is 2.66. The number of fused-ring (bicyclic) bond motifs is 1. The third kappa shape index (κ3) is 2.49. The minimum atomic E-state index is 0.588. The lowest BCUT2D eigenvalue weighted by atomic mass is 10.1. The highest BCUT2D eigenvalue weighted by molar-refractivity contribution is 6.33. The molecule has 3 rings (SSSR count). The Morgan fingerprint density at radius 2 is 2.05 bits per heavy atom. The molecule has 0 spiro atoms. The first-order valence-corrected chi connectivity index (χ1v) is 6.86. The third-order valence-electron chi connectivity index (χ3n) is 3.40. The summed E-state index contributed by atoms with van der Waals surface area (Å²) in [6.07, 6.45) is 0.802. The second-order valence-electron chi connectivity index (χ2n) is 4.71. The van der Waals surface area contributed by atoms with E-state index in [1.807, 2.05) is 24.3 Å². The van der Waals surface area contributed by atoms with Gasteiger partial charge in [-0.3, -0.25) is 4.79 Å². The van der Waals surface area contributed by atoms with Crippen LogP contribution < -0.4 is 9.64 Å². The van der Waals surface area contributed by atoms with Crippen molar-refractivity contribution in [2.75, 3.05) is 18.1 Å². The molecule has 0 bridgehead atoms. The molecule has 3 nitrogen and oxygen atoms in total. The number of rotatable bonds is 2. The number of para-hydroxylation sites is 1. The zero-order valence-electron chi connectivity index (χ0n) is 10.9. The monoisotopic (exact) mass is 287 g/mol. The van der Waals surface area contributed by atoms with Crippen LogP contribution in [0.1, 0.15) is 15.9 Å². The molecule has 0 fully saturated rings. The van der Waals surface area contributed by atoms with E-state index in [-0.39, 0.29) is 0 Å². The topological polar surface area (TPSA) is 29.5 Å². The Hall–Kier alpha value is -2.00. The molecule has 102 valence electrons. The van der Waals surface area contributed by atoms with Gasteiger partial charge in [-0.15, -0.1) is 0 Å². The second-order valence-corrected chi connectivity index (χ2v) is 5.11. The van der Waals surface area contributed by atoms with E-state index >= 15 is 0 Å². The molecule has 20 heavy (non-hydrogen) atoms. The maximum absolute atomic E-state index is 10.8. The summed E-state index contributed by atoms with van der Waals surface area (Å²) in [7, 11) is 0. The van der Waals surface area contributed by atoms with Crippen molar-refractivity contribution in [3.8, 4) is 5.75 Å². The molecule has 1 aliphatic heterocycles. The highest BCUT2D eigenvalue weighted by Crippen LogP contribution is 2.31. The summed E-state index contributed by atoms with van der Waals surface area (Å²) < 4.78 is 5.74. The van der Waals surface area contributed by atoms with Crippen molar-refractivity contribution in [1.82, 2.24) is 0 Å². The van der Waals surface area contributed by atoms with Gasteiger partial charge in [0.2, 0.25) is 0 Å². The van der Waals surface area contributed by atoms with E-state index < -0.39 is 0 Å². The first kappa shape index (κ1) is 13.0. The molecule has 0 unspecified atom stereocenters. The number of halogens is 1. The van der Waals surface area contributed by atoms with Crippen LogP contribution in [0.25, 0.3) is 0 Å². The van der Waals surface area contributed by atoms with E-state index in [4.69, 9.17) is 16.3 Å². The van der Waals surface area contributed by atoms with Crippen LogP contribution >= 0.6 is 11.6 Å². The van der Waals surface area contributed by atoms with Crippen molar-refractivity contribution in [3.05, 3.63) is 58.6 Å². The molecule has 0 saturated carbocycles. The van der Waals surface area contributed by atoms with Crippen LogP contribution in [0, 0.1) is 0 Å². The average molecular weight is 288 g/mol. The van der Waals surface area contributed by atoms with Crippen molar-refractivity contribution >= 4 is 23.6 Å². The van der Waals surface area contributed by atoms with Gasteiger partial charge in [-0.1, -0.05) is 29.8 Å². The predicted octanol–water partition coefficient (Wildman–Crippen LogP) is 3.55. The molecule has 0 saturated heterocycles. The number of carbonyl (C=O) groups is 1. The fourth-order valence-corrected chi connectivity index (χ4v) is 2.69. The van der Waals surface area contributed by atoms with Gasteiger partial charge in [0.05, 0.1) is 17.3 Å². The van der Waals surface area contributed by atoms with Crippen molar-refractivity contribution in [3.63, 3.8) is 0 Å². The minimum Gasteiger partial charge on any atom is -0.491 e. The summed E-state index contributed by atoms with van der Waals surface area (Å²) in [5, 5.41) is 0.592. The largest absolute Gasteiger partial charge is 0.491 e. The molecule has 1 aliphatic rings. The molecule has 1 heterocycles. The summed E-state index contributed by atoms with van der Waals surface area (Å²) in [4.78, 5) is 12.9. The number of carbonyl (C=O) groups excluding carboxylic acids is 1. The van der Waals surface area contributed by atoms with E-state index in [0.29, 0.717) is 17.2 Å². The fraction of sp³-hybridized carbons (Fsp3) is 0.188. The quantitative estimate of drug-likeness (QED) is 0.791. The fourth-order valence-electron chi connectivity index (χ4n) is 2.38. The lowest BCUT2D eigenvalue weighted by Gasteiger charge is -2.23. The number of nitrogens with zero attached hydrogens (tertiary/aromatic N) is 1. The Kier molecular flexibility index (Phi) is 3.61. The smallest absolute Gasteiger partial charge is 0.150 e. The Labute approximate surface area is 122 Å². The summed E-state index contributed by atoms with van der Waals surface area (Å²) in [5.74, 6) is 0.927. The molecule has 4 heteroatoms. The van der Waals surface area contributed by atoms with Crippen LogP contribution in [0.4, 0.5) is 5.69 Å². The zero-order chi connectivity index (χ0) is 13.9. The normalized spacial score (nSPS) is 14.2. The Morgan fingerprint density at radius 3 is 2.85 bits per heavy atom. The molecule has 0 atom stereocenters. The van der Waals surface area contributed by atoms with Crippen molar-refractivity contribution in [2.45, 2.75) is 6.54 Å². The van der Waals surface area contributed by atoms with E-state index in [1.54, 1.807) is 12.1 Å². The third-order valence-corrected chi connectivity index (χ3v) is 3.70. The van der Waals surface area contributed by atoms with Crippen molar-refractivity contribution in [2.24, 2.45) is 0 Å². The number of hydrogen-bond donors (Lipinski definition) is 0. The van der Waals surface area contributed by atoms with Crippen LogP contribution in [-0.2, 0) is 6.54 Å². The molecule has 2 aromatic carbocycles. The highest BCUT2D eigenvalue weighted by Gasteiger charge is 2.17. The summed E-state index contributed by atoms with van der Waals surface area (Å²) in [6, 6.07) is 13.4. The average Bonchev–Trinajstić information content (AvgIpc) is 2.69. The van der Waals surface area contributed by atoms with E-state index in [1.165, 1.54) is 0 Å². The maximum Gasteiger partial charge on any atom is 0.150 e. The Morgan fingerprint density at radius 1 is 1.20 bits per heavy atom. The van der Waals surface area contributed by atoms with Gasteiger partial charge < -0.3 is 9.64 Å². The van der Waals surface area contributed by atoms with Gasteiger partial charge >= 0.3 is 0 Å².